The molecule has 26 heavy (non-hydrogen) atoms. The maximum atomic E-state index is 12.0. The Labute approximate surface area is 151 Å². The minimum absolute atomic E-state index is 0.258. The van der Waals surface area contributed by atoms with Gasteiger partial charge in [0.25, 0.3) is 0 Å². The highest BCUT2D eigenvalue weighted by Gasteiger charge is 2.30. The molecular formula is C20H19N3O3. The van der Waals surface area contributed by atoms with Gasteiger partial charge >= 0.3 is 5.91 Å². The fraction of sp³-hybridized carbons (Fsp3) is 0.250. The van der Waals surface area contributed by atoms with Crippen molar-refractivity contribution in [3.63, 3.8) is 0 Å². The number of ether oxygens (including phenoxy) is 1. The Morgan fingerprint density at radius 3 is 2.62 bits per heavy atom. The number of hydrogen-bond acceptors (Lipinski definition) is 5. The van der Waals surface area contributed by atoms with Crippen LogP contribution in [0.5, 0.6) is 5.75 Å². The zero-order valence-electron chi connectivity index (χ0n) is 14.2. The lowest BCUT2D eigenvalue weighted by Gasteiger charge is -2.31. The van der Waals surface area contributed by atoms with Gasteiger partial charge in [0.1, 0.15) is 5.75 Å². The number of fused-ring (bicyclic) bond motifs is 1. The van der Waals surface area contributed by atoms with E-state index in [4.69, 9.17) is 4.74 Å². The Morgan fingerprint density at radius 1 is 1.12 bits per heavy atom. The lowest BCUT2D eigenvalue weighted by atomic mass is 9.95. The van der Waals surface area contributed by atoms with Gasteiger partial charge in [0.05, 0.1) is 5.57 Å². The number of amides is 1. The van der Waals surface area contributed by atoms with Crippen LogP contribution in [0.4, 0.5) is 5.69 Å². The van der Waals surface area contributed by atoms with Crippen molar-refractivity contribution in [3.8, 4) is 5.75 Å². The Morgan fingerprint density at radius 2 is 1.88 bits per heavy atom. The van der Waals surface area contributed by atoms with Crippen LogP contribution in [0.15, 0.2) is 59.3 Å². The van der Waals surface area contributed by atoms with E-state index in [2.05, 4.69) is 15.4 Å². The molecule has 2 aromatic rings. The number of nitroso groups, excluding NO2 is 1. The van der Waals surface area contributed by atoms with E-state index in [1.807, 2.05) is 48.5 Å². The summed E-state index contributed by atoms with van der Waals surface area (Å²) in [6.07, 6.45) is 1.08. The Balaban J connectivity index is 1.72. The number of carbonyl (C=O) groups excluding carboxylic acids is 1. The van der Waals surface area contributed by atoms with Gasteiger partial charge in [-0.25, -0.2) is 0 Å². The van der Waals surface area contributed by atoms with Crippen molar-refractivity contribution in [1.29, 1.82) is 0 Å². The quantitative estimate of drug-likeness (QED) is 0.863. The van der Waals surface area contributed by atoms with Gasteiger partial charge in [0.2, 0.25) is 0 Å². The van der Waals surface area contributed by atoms with Crippen LogP contribution in [-0.2, 0) is 4.79 Å². The zero-order chi connectivity index (χ0) is 17.9. The van der Waals surface area contributed by atoms with Crippen molar-refractivity contribution in [2.75, 3.05) is 31.1 Å². The van der Waals surface area contributed by atoms with E-state index in [0.717, 1.165) is 43.0 Å². The number of nitrogens with zero attached hydrogens (tertiary/aromatic N) is 2. The number of carbonyl (C=O) groups is 1. The highest BCUT2D eigenvalue weighted by Crippen LogP contribution is 2.39. The monoisotopic (exact) mass is 349 g/mol. The zero-order valence-corrected chi connectivity index (χ0v) is 14.2. The van der Waals surface area contributed by atoms with Crippen molar-refractivity contribution in [3.05, 3.63) is 70.1 Å². The first kappa shape index (κ1) is 16.5. The maximum absolute atomic E-state index is 12.0. The number of benzene rings is 2. The first-order chi connectivity index (χ1) is 12.8. The van der Waals surface area contributed by atoms with Crippen LogP contribution in [-0.4, -0.2) is 32.1 Å². The molecule has 0 aromatic heterocycles. The minimum atomic E-state index is -0.796. The molecule has 2 heterocycles. The van der Waals surface area contributed by atoms with E-state index in [-0.39, 0.29) is 5.57 Å². The average molecular weight is 349 g/mol. The number of rotatable bonds is 3. The molecule has 1 amide bonds. The standard InChI is InChI=1S/C20H19N3O3/c24-20(22-25)17-12-15-6-7-16(23-10-8-21-9-11-23)13-18(15)26-19(17)14-4-2-1-3-5-14/h1-7,12-13,19,21H,8-11H2. The van der Waals surface area contributed by atoms with E-state index in [0.29, 0.717) is 5.75 Å². The lowest BCUT2D eigenvalue weighted by Crippen LogP contribution is -2.43. The highest BCUT2D eigenvalue weighted by atomic mass is 16.5. The van der Waals surface area contributed by atoms with E-state index in [1.165, 1.54) is 0 Å². The third-order valence-corrected chi connectivity index (χ3v) is 4.75. The molecule has 2 aliphatic heterocycles. The van der Waals surface area contributed by atoms with Gasteiger partial charge in [-0.1, -0.05) is 30.3 Å². The molecule has 1 saturated heterocycles. The molecule has 1 N–H and O–H groups in total. The normalized spacial score (nSPS) is 19.2. The second kappa shape index (κ2) is 7.09. The summed E-state index contributed by atoms with van der Waals surface area (Å²) in [6.45, 7) is 3.79. The van der Waals surface area contributed by atoms with Gasteiger partial charge in [-0.3, -0.25) is 4.79 Å². The molecule has 6 heteroatoms. The van der Waals surface area contributed by atoms with Crippen molar-refractivity contribution >= 4 is 17.7 Å². The summed E-state index contributed by atoms with van der Waals surface area (Å²) in [5.74, 6) is -0.0898. The van der Waals surface area contributed by atoms with Crippen LogP contribution < -0.4 is 15.0 Å². The molecule has 1 unspecified atom stereocenters. The maximum Gasteiger partial charge on any atom is 0.316 e. The first-order valence-electron chi connectivity index (χ1n) is 8.67. The predicted octanol–water partition coefficient (Wildman–Crippen LogP) is 2.91. The fourth-order valence-corrected chi connectivity index (χ4v) is 3.40. The van der Waals surface area contributed by atoms with Gasteiger partial charge in [0, 0.05) is 48.7 Å². The third kappa shape index (κ3) is 3.11. The van der Waals surface area contributed by atoms with Crippen LogP contribution in [0.3, 0.4) is 0 Å². The van der Waals surface area contributed by atoms with Crippen LogP contribution >= 0.6 is 0 Å². The Hall–Kier alpha value is -2.99. The molecule has 0 spiro atoms. The van der Waals surface area contributed by atoms with Crippen molar-refractivity contribution in [1.82, 2.24) is 5.32 Å². The summed E-state index contributed by atoms with van der Waals surface area (Å²) in [5.41, 5.74) is 2.94. The smallest absolute Gasteiger partial charge is 0.316 e. The van der Waals surface area contributed by atoms with Crippen LogP contribution in [0.1, 0.15) is 17.2 Å². The largest absolute Gasteiger partial charge is 0.480 e. The van der Waals surface area contributed by atoms with Crippen molar-refractivity contribution in [2.45, 2.75) is 6.10 Å². The molecule has 1 fully saturated rings. The van der Waals surface area contributed by atoms with Crippen LogP contribution in [0.2, 0.25) is 0 Å². The van der Waals surface area contributed by atoms with Crippen molar-refractivity contribution < 1.29 is 9.53 Å². The summed E-state index contributed by atoms with van der Waals surface area (Å²) in [5, 5.41) is 5.94. The van der Waals surface area contributed by atoms with Crippen LogP contribution in [0.25, 0.3) is 6.08 Å². The molecule has 2 aromatic carbocycles. The van der Waals surface area contributed by atoms with Crippen molar-refractivity contribution in [2.24, 2.45) is 5.18 Å². The summed E-state index contributed by atoms with van der Waals surface area (Å²) in [6, 6.07) is 15.3. The topological polar surface area (TPSA) is 71.0 Å². The molecule has 0 saturated carbocycles. The number of hydrogen-bond donors (Lipinski definition) is 1. The van der Waals surface area contributed by atoms with E-state index < -0.39 is 12.0 Å². The van der Waals surface area contributed by atoms with Gasteiger partial charge in [0.15, 0.2) is 6.10 Å². The molecule has 2 aliphatic rings. The van der Waals surface area contributed by atoms with E-state index in [1.54, 1.807) is 6.08 Å². The SMILES string of the molecule is O=NC(=O)C1=Cc2ccc(N3CCNCC3)cc2OC1c1ccccc1. The third-order valence-electron chi connectivity index (χ3n) is 4.75. The van der Waals surface area contributed by atoms with Gasteiger partial charge < -0.3 is 15.0 Å². The second-order valence-electron chi connectivity index (χ2n) is 6.36. The molecule has 0 bridgehead atoms. The number of anilines is 1. The predicted molar refractivity (Wildman–Crippen MR) is 100 cm³/mol. The summed E-state index contributed by atoms with van der Waals surface area (Å²) >= 11 is 0. The van der Waals surface area contributed by atoms with E-state index in [9.17, 15) is 9.70 Å². The number of piperazine rings is 1. The molecular weight excluding hydrogens is 330 g/mol. The van der Waals surface area contributed by atoms with Gasteiger partial charge in [-0.2, -0.15) is 0 Å². The summed E-state index contributed by atoms with van der Waals surface area (Å²) in [7, 11) is 0. The Bertz CT molecular complexity index is 858. The lowest BCUT2D eigenvalue weighted by molar-refractivity contribution is -0.115. The molecule has 1 atom stereocenters. The molecule has 6 nitrogen and oxygen atoms in total. The van der Waals surface area contributed by atoms with Crippen LogP contribution in [0, 0.1) is 4.91 Å². The highest BCUT2D eigenvalue weighted by molar-refractivity contribution is 6.00. The average Bonchev–Trinajstić information content (AvgIpc) is 2.73. The molecule has 4 rings (SSSR count). The van der Waals surface area contributed by atoms with E-state index >= 15 is 0 Å². The molecule has 0 aliphatic carbocycles. The summed E-state index contributed by atoms with van der Waals surface area (Å²) in [4.78, 5) is 25.2. The molecule has 132 valence electrons. The fourth-order valence-electron chi connectivity index (χ4n) is 3.40. The summed E-state index contributed by atoms with van der Waals surface area (Å²) < 4.78 is 6.15. The second-order valence-corrected chi connectivity index (χ2v) is 6.36. The van der Waals surface area contributed by atoms with Gasteiger partial charge in [-0.05, 0) is 23.8 Å². The first-order valence-corrected chi connectivity index (χ1v) is 8.67. The molecule has 0 radical (unpaired) electrons. The van der Waals surface area contributed by atoms with Gasteiger partial charge in [-0.15, -0.1) is 4.91 Å². The Kier molecular flexibility index (Phi) is 4.50. The number of nitrogens with one attached hydrogen (secondary N) is 1. The minimum Gasteiger partial charge on any atom is -0.480 e.